The molecule has 0 spiro atoms. The second kappa shape index (κ2) is 10.3. The van der Waals surface area contributed by atoms with Gasteiger partial charge >= 0.3 is 0 Å². The third kappa shape index (κ3) is 5.75. The average molecular weight is 474 g/mol. The van der Waals surface area contributed by atoms with Gasteiger partial charge < -0.3 is 4.57 Å². The fourth-order valence-corrected chi connectivity index (χ4v) is 3.99. The highest BCUT2D eigenvalue weighted by Gasteiger charge is 2.17. The minimum Gasteiger partial charge on any atom is -0.302 e. The number of halogens is 2. The molecule has 0 aliphatic carbocycles. The number of nitrogens with zero attached hydrogens (tertiary/aromatic N) is 4. The van der Waals surface area contributed by atoms with Crippen molar-refractivity contribution in [2.45, 2.75) is 44.8 Å². The second-order valence-electron chi connectivity index (χ2n) is 8.09. The molecule has 1 aromatic heterocycles. The summed E-state index contributed by atoms with van der Waals surface area (Å²) in [4.78, 5) is 12.2. The van der Waals surface area contributed by atoms with E-state index in [0.717, 1.165) is 11.4 Å². The number of hydrogen-bond acceptors (Lipinski definition) is 5. The van der Waals surface area contributed by atoms with Crippen molar-refractivity contribution in [3.8, 4) is 11.4 Å². The minimum atomic E-state index is -0.510. The summed E-state index contributed by atoms with van der Waals surface area (Å²) in [5.74, 6) is -0.0174. The van der Waals surface area contributed by atoms with Crippen LogP contribution in [0.2, 0.25) is 5.02 Å². The number of hydrazone groups is 1. The molecule has 32 heavy (non-hydrogen) atoms. The van der Waals surface area contributed by atoms with Gasteiger partial charge in [-0.1, -0.05) is 74.5 Å². The Morgan fingerprint density at radius 3 is 2.56 bits per heavy atom. The Bertz CT molecular complexity index is 1100. The van der Waals surface area contributed by atoms with Crippen LogP contribution in [0.4, 0.5) is 4.39 Å². The van der Waals surface area contributed by atoms with Crippen LogP contribution in [-0.2, 0) is 16.8 Å². The monoisotopic (exact) mass is 473 g/mol. The predicted molar refractivity (Wildman–Crippen MR) is 128 cm³/mol. The van der Waals surface area contributed by atoms with Gasteiger partial charge in [0, 0.05) is 17.7 Å². The molecule has 0 unspecified atom stereocenters. The number of aromatic nitrogens is 3. The molecule has 0 aliphatic heterocycles. The first-order valence-corrected chi connectivity index (χ1v) is 11.5. The maximum absolute atomic E-state index is 13.7. The Hall–Kier alpha value is -2.71. The number of thioether (sulfide) groups is 1. The van der Waals surface area contributed by atoms with Crippen molar-refractivity contribution in [1.82, 2.24) is 20.2 Å². The molecular formula is C23H25ClFN5OS. The molecule has 0 atom stereocenters. The fraction of sp³-hybridized carbons (Fsp3) is 0.304. The van der Waals surface area contributed by atoms with E-state index in [-0.39, 0.29) is 27.7 Å². The van der Waals surface area contributed by atoms with Gasteiger partial charge in [-0.05, 0) is 30.0 Å². The molecular weight excluding hydrogens is 449 g/mol. The van der Waals surface area contributed by atoms with Gasteiger partial charge in [-0.25, -0.2) is 9.82 Å². The van der Waals surface area contributed by atoms with Crippen LogP contribution in [0.25, 0.3) is 11.4 Å². The predicted octanol–water partition coefficient (Wildman–Crippen LogP) is 5.30. The Balaban J connectivity index is 1.64. The lowest BCUT2D eigenvalue weighted by molar-refractivity contribution is -0.118. The van der Waals surface area contributed by atoms with E-state index in [2.05, 4.69) is 53.6 Å². The van der Waals surface area contributed by atoms with Crippen LogP contribution >= 0.6 is 23.4 Å². The van der Waals surface area contributed by atoms with Crippen molar-refractivity contribution >= 4 is 35.5 Å². The number of nitrogens with one attached hydrogen (secondary N) is 1. The van der Waals surface area contributed by atoms with Crippen LogP contribution in [0.3, 0.4) is 0 Å². The Labute approximate surface area is 196 Å². The van der Waals surface area contributed by atoms with Crippen LogP contribution in [0.15, 0.2) is 52.7 Å². The van der Waals surface area contributed by atoms with Crippen molar-refractivity contribution in [1.29, 1.82) is 0 Å². The first-order chi connectivity index (χ1) is 15.2. The van der Waals surface area contributed by atoms with Gasteiger partial charge in [-0.15, -0.1) is 10.2 Å². The zero-order chi connectivity index (χ0) is 23.3. The van der Waals surface area contributed by atoms with Crippen molar-refractivity contribution < 1.29 is 9.18 Å². The van der Waals surface area contributed by atoms with E-state index in [0.29, 0.717) is 11.7 Å². The molecule has 1 heterocycles. The molecule has 1 N–H and O–H groups in total. The Morgan fingerprint density at radius 1 is 1.22 bits per heavy atom. The van der Waals surface area contributed by atoms with Crippen molar-refractivity contribution in [3.63, 3.8) is 0 Å². The SMILES string of the molecule is CCn1c(SCC(=O)NN=Cc2c(F)cccc2Cl)nnc1-c1ccc(C(C)(C)C)cc1. The molecule has 168 valence electrons. The van der Waals surface area contributed by atoms with Gasteiger partial charge in [-0.2, -0.15) is 5.10 Å². The van der Waals surface area contributed by atoms with Crippen LogP contribution in [0.5, 0.6) is 0 Å². The summed E-state index contributed by atoms with van der Waals surface area (Å²) >= 11 is 7.20. The van der Waals surface area contributed by atoms with Crippen LogP contribution in [0, 0.1) is 5.82 Å². The van der Waals surface area contributed by atoms with E-state index in [9.17, 15) is 9.18 Å². The van der Waals surface area contributed by atoms with E-state index >= 15 is 0 Å². The second-order valence-corrected chi connectivity index (χ2v) is 9.44. The summed E-state index contributed by atoms with van der Waals surface area (Å²) in [6.07, 6.45) is 1.19. The van der Waals surface area contributed by atoms with E-state index in [1.54, 1.807) is 6.07 Å². The molecule has 0 aliphatic rings. The molecule has 0 saturated carbocycles. The lowest BCUT2D eigenvalue weighted by atomic mass is 9.87. The van der Waals surface area contributed by atoms with Crippen LogP contribution in [0.1, 0.15) is 38.8 Å². The molecule has 3 rings (SSSR count). The molecule has 6 nitrogen and oxygen atoms in total. The molecule has 2 aromatic carbocycles. The number of rotatable bonds is 7. The van der Waals surface area contributed by atoms with E-state index in [1.165, 1.54) is 35.7 Å². The van der Waals surface area contributed by atoms with Crippen molar-refractivity contribution in [2.75, 3.05) is 5.75 Å². The highest BCUT2D eigenvalue weighted by Crippen LogP contribution is 2.27. The van der Waals surface area contributed by atoms with Crippen LogP contribution in [-0.4, -0.2) is 32.6 Å². The molecule has 1 amide bonds. The van der Waals surface area contributed by atoms with Crippen LogP contribution < -0.4 is 5.43 Å². The summed E-state index contributed by atoms with van der Waals surface area (Å²) < 4.78 is 15.7. The number of hydrogen-bond donors (Lipinski definition) is 1. The van der Waals surface area contributed by atoms with Gasteiger partial charge in [0.05, 0.1) is 17.0 Å². The summed E-state index contributed by atoms with van der Waals surface area (Å²) in [5, 5.41) is 13.2. The third-order valence-corrected chi connectivity index (χ3v) is 6.05. The van der Waals surface area contributed by atoms with Crippen molar-refractivity contribution in [3.05, 3.63) is 64.4 Å². The highest BCUT2D eigenvalue weighted by atomic mass is 35.5. The zero-order valence-corrected chi connectivity index (χ0v) is 20.0. The number of carbonyl (C=O) groups is 1. The van der Waals surface area contributed by atoms with Gasteiger partial charge in [-0.3, -0.25) is 4.79 Å². The minimum absolute atomic E-state index is 0.0748. The number of benzene rings is 2. The number of carbonyl (C=O) groups excluding carboxylic acids is 1. The molecule has 0 radical (unpaired) electrons. The zero-order valence-electron chi connectivity index (χ0n) is 18.4. The molecule has 3 aromatic rings. The van der Waals surface area contributed by atoms with E-state index in [1.807, 2.05) is 23.6 Å². The molecule has 9 heteroatoms. The van der Waals surface area contributed by atoms with Crippen molar-refractivity contribution in [2.24, 2.45) is 5.10 Å². The van der Waals surface area contributed by atoms with Gasteiger partial charge in [0.1, 0.15) is 5.82 Å². The maximum atomic E-state index is 13.7. The van der Waals surface area contributed by atoms with E-state index in [4.69, 9.17) is 11.6 Å². The first-order valence-electron chi connectivity index (χ1n) is 10.1. The first kappa shape index (κ1) is 23.9. The Morgan fingerprint density at radius 2 is 1.94 bits per heavy atom. The van der Waals surface area contributed by atoms with E-state index < -0.39 is 5.82 Å². The average Bonchev–Trinajstić information content (AvgIpc) is 3.16. The smallest absolute Gasteiger partial charge is 0.250 e. The Kier molecular flexibility index (Phi) is 7.69. The number of amides is 1. The van der Waals surface area contributed by atoms with Gasteiger partial charge in [0.15, 0.2) is 11.0 Å². The highest BCUT2D eigenvalue weighted by molar-refractivity contribution is 7.99. The summed E-state index contributed by atoms with van der Waals surface area (Å²) in [7, 11) is 0. The standard InChI is InChI=1S/C23H25ClFN5OS/c1-5-30-21(15-9-11-16(12-10-15)23(2,3)4)28-29-22(30)32-14-20(31)27-26-13-17-18(24)7-6-8-19(17)25/h6-13H,5,14H2,1-4H3,(H,27,31). The quantitative estimate of drug-likeness (QED) is 0.287. The van der Waals surface area contributed by atoms with Gasteiger partial charge in [0.2, 0.25) is 0 Å². The summed E-state index contributed by atoms with van der Waals surface area (Å²) in [6, 6.07) is 12.6. The fourth-order valence-electron chi connectivity index (χ4n) is 2.98. The largest absolute Gasteiger partial charge is 0.302 e. The van der Waals surface area contributed by atoms with Gasteiger partial charge in [0.25, 0.3) is 5.91 Å². The molecule has 0 bridgehead atoms. The summed E-state index contributed by atoms with van der Waals surface area (Å²) in [6.45, 7) is 9.18. The molecule has 0 fully saturated rings. The lowest BCUT2D eigenvalue weighted by Gasteiger charge is -2.19. The normalized spacial score (nSPS) is 11.8. The summed E-state index contributed by atoms with van der Waals surface area (Å²) in [5.41, 5.74) is 4.78. The molecule has 0 saturated heterocycles. The lowest BCUT2D eigenvalue weighted by Crippen LogP contribution is -2.20. The third-order valence-electron chi connectivity index (χ3n) is 4.76. The maximum Gasteiger partial charge on any atom is 0.250 e. The topological polar surface area (TPSA) is 72.2 Å².